The van der Waals surface area contributed by atoms with Crippen molar-refractivity contribution in [2.75, 3.05) is 17.3 Å². The number of carbonyl (C=O) groups is 3. The van der Waals surface area contributed by atoms with Crippen molar-refractivity contribution < 1.29 is 19.1 Å². The first-order valence-corrected chi connectivity index (χ1v) is 13.7. The number of allylic oxidation sites excluding steroid dienone is 1. The maximum Gasteiger partial charge on any atom is 0.337 e. The van der Waals surface area contributed by atoms with Crippen molar-refractivity contribution in [3.63, 3.8) is 0 Å². The van der Waals surface area contributed by atoms with Crippen LogP contribution >= 0.6 is 11.3 Å². The summed E-state index contributed by atoms with van der Waals surface area (Å²) in [7, 11) is 1.34. The standard InChI is InChI=1S/C32H26N2O4S/c1-38-32(37)22-15-13-20(14-16-22)30-29-25(18-23(19-27(29)35)28-12-7-17-39-28)33-24-10-5-6-11-26(24)34(30)31(36)21-8-3-2-4-9-21/h2-17,23,30,33H,18-19H2,1H3/t23-,30+/m0/s1. The molecular formula is C32H26N2O4S. The molecule has 7 heteroatoms. The Hall–Kier alpha value is -4.49. The molecule has 0 fully saturated rings. The number of nitrogens with zero attached hydrogens (tertiary/aromatic N) is 1. The van der Waals surface area contributed by atoms with Crippen molar-refractivity contribution in [1.29, 1.82) is 0 Å². The van der Waals surface area contributed by atoms with Crippen molar-refractivity contribution in [3.8, 4) is 0 Å². The van der Waals surface area contributed by atoms with Gasteiger partial charge in [0.2, 0.25) is 0 Å². The highest BCUT2D eigenvalue weighted by molar-refractivity contribution is 7.10. The summed E-state index contributed by atoms with van der Waals surface area (Å²) < 4.78 is 4.88. The highest BCUT2D eigenvalue weighted by Gasteiger charge is 2.42. The van der Waals surface area contributed by atoms with E-state index in [0.29, 0.717) is 35.2 Å². The van der Waals surface area contributed by atoms with Crippen LogP contribution in [0.25, 0.3) is 0 Å². The summed E-state index contributed by atoms with van der Waals surface area (Å²) in [6.45, 7) is 0. The van der Waals surface area contributed by atoms with Crippen molar-refractivity contribution in [2.45, 2.75) is 24.8 Å². The van der Waals surface area contributed by atoms with Gasteiger partial charge in [0.25, 0.3) is 5.91 Å². The number of ether oxygens (including phenoxy) is 1. The molecule has 0 saturated carbocycles. The van der Waals surface area contributed by atoms with E-state index < -0.39 is 12.0 Å². The molecule has 0 unspecified atom stereocenters. The summed E-state index contributed by atoms with van der Waals surface area (Å²) in [5, 5.41) is 5.59. The van der Waals surface area contributed by atoms with Crippen LogP contribution in [0.5, 0.6) is 0 Å². The number of para-hydroxylation sites is 2. The summed E-state index contributed by atoms with van der Waals surface area (Å²) in [6.07, 6.45) is 1.02. The molecule has 2 aliphatic rings. The Balaban J connectivity index is 1.56. The fraction of sp³-hybridized carbons (Fsp3) is 0.156. The molecule has 6 nitrogen and oxygen atoms in total. The number of amides is 1. The van der Waals surface area contributed by atoms with Gasteiger partial charge in [-0.2, -0.15) is 0 Å². The Labute approximate surface area is 230 Å². The van der Waals surface area contributed by atoms with Crippen LogP contribution in [0.3, 0.4) is 0 Å². The van der Waals surface area contributed by atoms with Gasteiger partial charge in [-0.1, -0.05) is 48.5 Å². The van der Waals surface area contributed by atoms with Crippen LogP contribution in [0.4, 0.5) is 11.4 Å². The molecule has 194 valence electrons. The van der Waals surface area contributed by atoms with Crippen LogP contribution in [0, 0.1) is 0 Å². The molecule has 0 spiro atoms. The number of benzene rings is 3. The monoisotopic (exact) mass is 534 g/mol. The lowest BCUT2D eigenvalue weighted by molar-refractivity contribution is -0.116. The van der Waals surface area contributed by atoms with E-state index in [1.165, 1.54) is 12.0 Å². The molecule has 1 aliphatic carbocycles. The number of anilines is 2. The van der Waals surface area contributed by atoms with Gasteiger partial charge in [0, 0.05) is 34.0 Å². The van der Waals surface area contributed by atoms with E-state index in [0.717, 1.165) is 16.9 Å². The third-order valence-corrected chi connectivity index (χ3v) is 8.36. The van der Waals surface area contributed by atoms with Crippen LogP contribution < -0.4 is 10.2 Å². The van der Waals surface area contributed by atoms with Crippen molar-refractivity contribution >= 4 is 40.4 Å². The topological polar surface area (TPSA) is 75.7 Å². The Morgan fingerprint density at radius 1 is 0.872 bits per heavy atom. The lowest BCUT2D eigenvalue weighted by Gasteiger charge is -2.35. The fourth-order valence-electron chi connectivity index (χ4n) is 5.49. The predicted molar refractivity (Wildman–Crippen MR) is 152 cm³/mol. The maximum absolute atomic E-state index is 14.2. The molecule has 1 aliphatic heterocycles. The summed E-state index contributed by atoms with van der Waals surface area (Å²) in [5.74, 6) is -0.592. The molecule has 0 radical (unpaired) electrons. The second kappa shape index (κ2) is 10.3. The first-order valence-electron chi connectivity index (χ1n) is 12.8. The maximum atomic E-state index is 14.2. The number of hydrogen-bond acceptors (Lipinski definition) is 6. The Bertz CT molecular complexity index is 1580. The molecule has 1 aromatic heterocycles. The van der Waals surface area contributed by atoms with Crippen LogP contribution in [0.2, 0.25) is 0 Å². The van der Waals surface area contributed by atoms with Crippen molar-refractivity contribution in [3.05, 3.63) is 129 Å². The number of ketones is 1. The molecule has 2 atom stereocenters. The highest BCUT2D eigenvalue weighted by Crippen LogP contribution is 2.48. The average molecular weight is 535 g/mol. The van der Waals surface area contributed by atoms with Crippen LogP contribution in [0.1, 0.15) is 56.0 Å². The smallest absolute Gasteiger partial charge is 0.337 e. The zero-order valence-corrected chi connectivity index (χ0v) is 22.1. The zero-order valence-electron chi connectivity index (χ0n) is 21.3. The molecule has 4 aromatic rings. The Kier molecular flexibility index (Phi) is 6.59. The van der Waals surface area contributed by atoms with E-state index in [4.69, 9.17) is 4.74 Å². The van der Waals surface area contributed by atoms with E-state index in [9.17, 15) is 14.4 Å². The number of Topliss-reactive ketones (excluding diaryl/α,β-unsaturated/α-hetero) is 1. The third-order valence-electron chi connectivity index (χ3n) is 7.32. The fourth-order valence-corrected chi connectivity index (χ4v) is 6.32. The number of thiophene rings is 1. The Morgan fingerprint density at radius 3 is 2.33 bits per heavy atom. The number of fused-ring (bicyclic) bond motifs is 1. The number of esters is 1. The Morgan fingerprint density at radius 2 is 1.62 bits per heavy atom. The summed E-state index contributed by atoms with van der Waals surface area (Å²) in [5.41, 5.74) is 4.51. The normalized spacial score (nSPS) is 18.5. The lowest BCUT2D eigenvalue weighted by Crippen LogP contribution is -2.38. The van der Waals surface area contributed by atoms with Crippen LogP contribution in [-0.2, 0) is 9.53 Å². The first-order chi connectivity index (χ1) is 19.0. The first kappa shape index (κ1) is 24.8. The second-order valence-corrected chi connectivity index (χ2v) is 10.6. The highest BCUT2D eigenvalue weighted by atomic mass is 32.1. The van der Waals surface area contributed by atoms with Gasteiger partial charge in [0.1, 0.15) is 0 Å². The van der Waals surface area contributed by atoms with E-state index >= 15 is 0 Å². The predicted octanol–water partition coefficient (Wildman–Crippen LogP) is 6.75. The van der Waals surface area contributed by atoms with Gasteiger partial charge < -0.3 is 10.1 Å². The molecule has 3 aromatic carbocycles. The minimum absolute atomic E-state index is 0.00265. The minimum atomic E-state index is -0.688. The third kappa shape index (κ3) is 4.55. The van der Waals surface area contributed by atoms with Gasteiger partial charge in [0.05, 0.1) is 30.1 Å². The number of nitrogens with one attached hydrogen (secondary N) is 1. The summed E-state index contributed by atoms with van der Waals surface area (Å²) in [4.78, 5) is 43.3. The summed E-state index contributed by atoms with van der Waals surface area (Å²) >= 11 is 1.66. The van der Waals surface area contributed by atoms with Gasteiger partial charge in [0.15, 0.2) is 5.78 Å². The number of hydrogen-bond donors (Lipinski definition) is 1. The molecule has 6 rings (SSSR count). The van der Waals surface area contributed by atoms with E-state index in [2.05, 4.69) is 11.4 Å². The van der Waals surface area contributed by atoms with Gasteiger partial charge in [-0.3, -0.25) is 14.5 Å². The molecule has 0 bridgehead atoms. The number of rotatable bonds is 4. The molecule has 0 saturated heterocycles. The molecule has 1 N–H and O–H groups in total. The molecular weight excluding hydrogens is 508 g/mol. The number of carbonyl (C=O) groups excluding carboxylic acids is 3. The second-order valence-electron chi connectivity index (χ2n) is 9.64. The quantitative estimate of drug-likeness (QED) is 0.293. The van der Waals surface area contributed by atoms with Crippen molar-refractivity contribution in [2.24, 2.45) is 0 Å². The molecule has 1 amide bonds. The van der Waals surface area contributed by atoms with Gasteiger partial charge in [-0.15, -0.1) is 11.3 Å². The SMILES string of the molecule is COC(=O)c1ccc([C@@H]2C3=C(C[C@H](c4cccs4)CC3=O)Nc3ccccc3N2C(=O)c2ccccc2)cc1. The molecule has 2 heterocycles. The lowest BCUT2D eigenvalue weighted by atomic mass is 9.80. The van der Waals surface area contributed by atoms with Gasteiger partial charge >= 0.3 is 5.97 Å². The summed E-state index contributed by atoms with van der Waals surface area (Å²) in [6, 6.07) is 27.1. The minimum Gasteiger partial charge on any atom is -0.465 e. The number of methoxy groups -OCH3 is 1. The average Bonchev–Trinajstić information content (AvgIpc) is 3.47. The van der Waals surface area contributed by atoms with E-state index in [1.807, 2.05) is 53.9 Å². The molecule has 39 heavy (non-hydrogen) atoms. The zero-order chi connectivity index (χ0) is 26.9. The van der Waals surface area contributed by atoms with Crippen LogP contribution in [0.15, 0.2) is 108 Å². The van der Waals surface area contributed by atoms with Gasteiger partial charge in [-0.05, 0) is 59.8 Å². The van der Waals surface area contributed by atoms with E-state index in [1.54, 1.807) is 52.6 Å². The van der Waals surface area contributed by atoms with Crippen molar-refractivity contribution in [1.82, 2.24) is 0 Å². The largest absolute Gasteiger partial charge is 0.465 e. The van der Waals surface area contributed by atoms with Crippen LogP contribution in [-0.4, -0.2) is 24.8 Å². The van der Waals surface area contributed by atoms with E-state index in [-0.39, 0.29) is 17.6 Å². The van der Waals surface area contributed by atoms with Gasteiger partial charge in [-0.25, -0.2) is 4.79 Å².